The Bertz CT molecular complexity index is 1480. The van der Waals surface area contributed by atoms with Gasteiger partial charge in [-0.05, 0) is 61.7 Å². The van der Waals surface area contributed by atoms with Crippen molar-refractivity contribution in [3.8, 4) is 17.2 Å². The number of ether oxygens (including phenoxy) is 3. The summed E-state index contributed by atoms with van der Waals surface area (Å²) < 4.78 is 16.1. The van der Waals surface area contributed by atoms with Crippen LogP contribution in [-0.4, -0.2) is 54.7 Å². The summed E-state index contributed by atoms with van der Waals surface area (Å²) in [5.74, 6) is 1.68. The number of amides is 1. The third-order valence-electron chi connectivity index (χ3n) is 5.89. The Balaban J connectivity index is 1.52. The van der Waals surface area contributed by atoms with E-state index in [-0.39, 0.29) is 11.9 Å². The van der Waals surface area contributed by atoms with Crippen LogP contribution in [0.5, 0.6) is 17.2 Å². The van der Waals surface area contributed by atoms with E-state index >= 15 is 0 Å². The van der Waals surface area contributed by atoms with Crippen molar-refractivity contribution < 1.29 is 19.0 Å². The highest BCUT2D eigenvalue weighted by molar-refractivity contribution is 6.08. The summed E-state index contributed by atoms with van der Waals surface area (Å²) in [5, 5.41) is 7.02. The molecule has 10 heteroatoms. The first-order valence-corrected chi connectivity index (χ1v) is 12.4. The largest absolute Gasteiger partial charge is 0.493 e. The number of aryl methyl sites for hydroxylation is 2. The second-order valence-corrected chi connectivity index (χ2v) is 8.72. The average molecular weight is 529 g/mol. The summed E-state index contributed by atoms with van der Waals surface area (Å²) in [6.07, 6.45) is 5.72. The molecule has 39 heavy (non-hydrogen) atoms. The molecule has 10 nitrogen and oxygen atoms in total. The lowest BCUT2D eigenvalue weighted by Crippen LogP contribution is -2.35. The molecule has 0 atom stereocenters. The Morgan fingerprint density at radius 1 is 1.00 bits per heavy atom. The van der Waals surface area contributed by atoms with Crippen LogP contribution in [0.25, 0.3) is 17.0 Å². The minimum atomic E-state index is -0.383. The number of aromatic nitrogens is 3. The lowest BCUT2D eigenvalue weighted by Gasteiger charge is -2.13. The van der Waals surface area contributed by atoms with Gasteiger partial charge in [0, 0.05) is 41.1 Å². The number of aromatic amines is 1. The maximum absolute atomic E-state index is 12.9. The van der Waals surface area contributed by atoms with Crippen LogP contribution in [0.15, 0.2) is 59.7 Å². The third kappa shape index (κ3) is 6.92. The van der Waals surface area contributed by atoms with Crippen LogP contribution in [0.1, 0.15) is 22.5 Å². The Kier molecular flexibility index (Phi) is 8.78. The zero-order chi connectivity index (χ0) is 27.8. The van der Waals surface area contributed by atoms with Crippen LogP contribution in [-0.2, 0) is 11.2 Å². The number of guanidine groups is 1. The molecule has 2 aromatic carbocycles. The standard InChI is InChI=1S/C29H32N6O4/c1-18-14-19(2)33-29(32-18)35-28(30-13-12-21-17-31-23-9-7-6-8-22(21)23)34-26(36)11-10-20-15-24(37-3)27(39-5)25(16-20)38-4/h6-11,14-17,31H,12-13H2,1-5H3,(H2,30,32,33,34,35,36)/b11-10+. The maximum Gasteiger partial charge on any atom is 0.250 e. The van der Waals surface area contributed by atoms with E-state index < -0.39 is 0 Å². The highest BCUT2D eigenvalue weighted by Crippen LogP contribution is 2.38. The lowest BCUT2D eigenvalue weighted by atomic mass is 10.1. The number of benzene rings is 2. The van der Waals surface area contributed by atoms with E-state index in [1.807, 2.05) is 44.3 Å². The van der Waals surface area contributed by atoms with E-state index in [1.165, 1.54) is 27.4 Å². The molecule has 0 bridgehead atoms. The molecule has 4 rings (SSSR count). The van der Waals surface area contributed by atoms with Gasteiger partial charge in [-0.15, -0.1) is 0 Å². The highest BCUT2D eigenvalue weighted by atomic mass is 16.5. The topological polar surface area (TPSA) is 123 Å². The molecule has 1 amide bonds. The molecular weight excluding hydrogens is 496 g/mol. The summed E-state index contributed by atoms with van der Waals surface area (Å²) in [7, 11) is 4.61. The fourth-order valence-corrected chi connectivity index (χ4v) is 4.15. The van der Waals surface area contributed by atoms with Gasteiger partial charge >= 0.3 is 0 Å². The van der Waals surface area contributed by atoms with Gasteiger partial charge in [0.25, 0.3) is 5.91 Å². The summed E-state index contributed by atoms with van der Waals surface area (Å²) in [6, 6.07) is 13.5. The number of H-pyrrole nitrogens is 1. The first-order chi connectivity index (χ1) is 18.9. The van der Waals surface area contributed by atoms with E-state index in [0.29, 0.717) is 41.7 Å². The van der Waals surface area contributed by atoms with Crippen molar-refractivity contribution in [2.24, 2.45) is 4.99 Å². The number of nitrogens with zero attached hydrogens (tertiary/aromatic N) is 3. The zero-order valence-electron chi connectivity index (χ0n) is 22.7. The summed E-state index contributed by atoms with van der Waals surface area (Å²) in [5.41, 5.74) is 4.52. The second kappa shape index (κ2) is 12.6. The number of carbonyl (C=O) groups is 1. The molecule has 0 unspecified atom stereocenters. The predicted octanol–water partition coefficient (Wildman–Crippen LogP) is 4.44. The van der Waals surface area contributed by atoms with Crippen molar-refractivity contribution in [2.45, 2.75) is 20.3 Å². The number of rotatable bonds is 9. The fraction of sp³-hybridized carbons (Fsp3) is 0.241. The summed E-state index contributed by atoms with van der Waals surface area (Å²) >= 11 is 0. The van der Waals surface area contributed by atoms with E-state index in [0.717, 1.165) is 27.9 Å². The van der Waals surface area contributed by atoms with Gasteiger partial charge in [-0.3, -0.25) is 20.4 Å². The first-order valence-electron chi connectivity index (χ1n) is 12.4. The van der Waals surface area contributed by atoms with Gasteiger partial charge in [0.05, 0.1) is 21.3 Å². The lowest BCUT2D eigenvalue weighted by molar-refractivity contribution is -0.115. The number of fused-ring (bicyclic) bond motifs is 1. The summed E-state index contributed by atoms with van der Waals surface area (Å²) in [6.45, 7) is 4.20. The van der Waals surface area contributed by atoms with Gasteiger partial charge < -0.3 is 19.2 Å². The molecule has 0 aliphatic heterocycles. The average Bonchev–Trinajstić information content (AvgIpc) is 3.33. The van der Waals surface area contributed by atoms with Crippen molar-refractivity contribution in [1.29, 1.82) is 0 Å². The van der Waals surface area contributed by atoms with Crippen LogP contribution in [0.2, 0.25) is 0 Å². The van der Waals surface area contributed by atoms with Crippen LogP contribution >= 0.6 is 0 Å². The zero-order valence-corrected chi connectivity index (χ0v) is 22.7. The van der Waals surface area contributed by atoms with E-state index in [4.69, 9.17) is 14.2 Å². The monoisotopic (exact) mass is 528 g/mol. The molecule has 2 heterocycles. The van der Waals surface area contributed by atoms with Crippen LogP contribution in [0, 0.1) is 13.8 Å². The molecule has 0 fully saturated rings. The Labute approximate surface area is 227 Å². The quantitative estimate of drug-likeness (QED) is 0.167. The smallest absolute Gasteiger partial charge is 0.250 e. The van der Waals surface area contributed by atoms with Crippen molar-refractivity contribution in [3.63, 3.8) is 0 Å². The molecular formula is C29H32N6O4. The molecule has 0 aliphatic rings. The molecule has 0 radical (unpaired) electrons. The van der Waals surface area contributed by atoms with E-state index in [2.05, 4.69) is 36.6 Å². The van der Waals surface area contributed by atoms with E-state index in [9.17, 15) is 4.79 Å². The molecule has 3 N–H and O–H groups in total. The predicted molar refractivity (Wildman–Crippen MR) is 153 cm³/mol. The van der Waals surface area contributed by atoms with Gasteiger partial charge in [-0.25, -0.2) is 9.97 Å². The number of carbonyl (C=O) groups excluding carboxylic acids is 1. The van der Waals surface area contributed by atoms with Crippen LogP contribution in [0.4, 0.5) is 5.95 Å². The van der Waals surface area contributed by atoms with Gasteiger partial charge in [-0.1, -0.05) is 18.2 Å². The van der Waals surface area contributed by atoms with E-state index in [1.54, 1.807) is 18.2 Å². The number of hydrogen-bond acceptors (Lipinski definition) is 7. The van der Waals surface area contributed by atoms with Crippen LogP contribution in [0.3, 0.4) is 0 Å². The molecule has 0 spiro atoms. The van der Waals surface area contributed by atoms with Crippen molar-refractivity contribution >= 4 is 34.8 Å². The van der Waals surface area contributed by atoms with Gasteiger partial charge in [-0.2, -0.15) is 0 Å². The Morgan fingerprint density at radius 3 is 2.36 bits per heavy atom. The van der Waals surface area contributed by atoms with Gasteiger partial charge in [0.15, 0.2) is 11.5 Å². The molecule has 0 saturated heterocycles. The number of hydrogen-bond donors (Lipinski definition) is 3. The van der Waals surface area contributed by atoms with Gasteiger partial charge in [0.2, 0.25) is 17.7 Å². The number of anilines is 1. The van der Waals surface area contributed by atoms with Crippen molar-refractivity contribution in [2.75, 3.05) is 33.2 Å². The Hall–Kier alpha value is -4.86. The highest BCUT2D eigenvalue weighted by Gasteiger charge is 2.13. The number of methoxy groups -OCH3 is 3. The number of nitrogens with one attached hydrogen (secondary N) is 3. The molecule has 0 aliphatic carbocycles. The third-order valence-corrected chi connectivity index (χ3v) is 5.89. The first kappa shape index (κ1) is 27.2. The minimum Gasteiger partial charge on any atom is -0.493 e. The number of aliphatic imine (C=N–C) groups is 1. The number of para-hydroxylation sites is 1. The normalized spacial score (nSPS) is 11.6. The summed E-state index contributed by atoms with van der Waals surface area (Å²) in [4.78, 5) is 29.6. The Morgan fingerprint density at radius 2 is 1.69 bits per heavy atom. The molecule has 4 aromatic rings. The van der Waals surface area contributed by atoms with Crippen LogP contribution < -0.4 is 24.8 Å². The molecule has 202 valence electrons. The molecule has 2 aromatic heterocycles. The fourth-order valence-electron chi connectivity index (χ4n) is 4.15. The minimum absolute atomic E-state index is 0.249. The second-order valence-electron chi connectivity index (χ2n) is 8.72. The van der Waals surface area contributed by atoms with Crippen molar-refractivity contribution in [1.82, 2.24) is 20.3 Å². The molecule has 0 saturated carbocycles. The van der Waals surface area contributed by atoms with Crippen molar-refractivity contribution in [3.05, 3.63) is 77.3 Å². The van der Waals surface area contributed by atoms with Gasteiger partial charge in [0.1, 0.15) is 0 Å². The maximum atomic E-state index is 12.9. The SMILES string of the molecule is COc1cc(/C=C/C(=O)NC(=NCCc2c[nH]c3ccccc23)Nc2nc(C)cc(C)n2)cc(OC)c1OC.